The molecule has 1 fully saturated rings. The van der Waals surface area contributed by atoms with Crippen LogP contribution in [-0.4, -0.2) is 43.6 Å². The quantitative estimate of drug-likeness (QED) is 0.758. The van der Waals surface area contributed by atoms with E-state index in [1.807, 2.05) is 35.2 Å². The summed E-state index contributed by atoms with van der Waals surface area (Å²) in [5, 5.41) is 10.1. The van der Waals surface area contributed by atoms with Crippen LogP contribution >= 0.6 is 0 Å². The van der Waals surface area contributed by atoms with Crippen molar-refractivity contribution in [3.8, 4) is 0 Å². The first-order chi connectivity index (χ1) is 13.3. The number of aromatic amines is 1. The summed E-state index contributed by atoms with van der Waals surface area (Å²) in [4.78, 5) is 18.1. The maximum Gasteiger partial charge on any atom is 0.270 e. The van der Waals surface area contributed by atoms with Crippen molar-refractivity contribution in [1.82, 2.24) is 24.6 Å². The first kappa shape index (κ1) is 16.5. The predicted molar refractivity (Wildman–Crippen MR) is 104 cm³/mol. The van der Waals surface area contributed by atoms with Crippen molar-refractivity contribution in [2.45, 2.75) is 51.0 Å². The number of nitrogens with zero attached hydrogens (tertiary/aromatic N) is 4. The van der Waals surface area contributed by atoms with Crippen LogP contribution in [0.25, 0.3) is 10.9 Å². The van der Waals surface area contributed by atoms with Crippen molar-refractivity contribution in [3.05, 3.63) is 47.7 Å². The van der Waals surface area contributed by atoms with Gasteiger partial charge in [-0.15, -0.1) is 10.2 Å². The van der Waals surface area contributed by atoms with Gasteiger partial charge >= 0.3 is 0 Å². The number of rotatable bonds is 2. The number of hydrogen-bond acceptors (Lipinski definition) is 3. The van der Waals surface area contributed by atoms with Crippen molar-refractivity contribution >= 4 is 16.8 Å². The molecule has 0 aliphatic carbocycles. The van der Waals surface area contributed by atoms with Gasteiger partial charge < -0.3 is 14.5 Å². The molecule has 2 aliphatic rings. The fourth-order valence-electron chi connectivity index (χ4n) is 4.51. The Morgan fingerprint density at radius 3 is 2.74 bits per heavy atom. The molecular weight excluding hydrogens is 338 g/mol. The summed E-state index contributed by atoms with van der Waals surface area (Å²) in [6.07, 6.45) is 6.69. The maximum absolute atomic E-state index is 12.9. The molecule has 0 spiro atoms. The number of nitrogens with one attached hydrogen (secondary N) is 1. The Morgan fingerprint density at radius 1 is 1.04 bits per heavy atom. The van der Waals surface area contributed by atoms with Gasteiger partial charge in [0.1, 0.15) is 17.3 Å². The number of H-pyrrole nitrogens is 1. The summed E-state index contributed by atoms with van der Waals surface area (Å²) in [5.41, 5.74) is 1.70. The van der Waals surface area contributed by atoms with Gasteiger partial charge in [-0.05, 0) is 37.8 Å². The number of para-hydroxylation sites is 1. The van der Waals surface area contributed by atoms with Crippen molar-refractivity contribution in [1.29, 1.82) is 0 Å². The molecule has 0 radical (unpaired) electrons. The van der Waals surface area contributed by atoms with Gasteiger partial charge in [0.05, 0.1) is 0 Å². The van der Waals surface area contributed by atoms with Crippen LogP contribution in [0.3, 0.4) is 0 Å². The summed E-state index contributed by atoms with van der Waals surface area (Å²) in [5.74, 6) is 2.81. The first-order valence-electron chi connectivity index (χ1n) is 10.1. The lowest BCUT2D eigenvalue weighted by molar-refractivity contribution is 0.0705. The monoisotopic (exact) mass is 363 g/mol. The third-order valence-corrected chi connectivity index (χ3v) is 6.05. The molecule has 2 aliphatic heterocycles. The van der Waals surface area contributed by atoms with Crippen molar-refractivity contribution in [3.63, 3.8) is 0 Å². The molecule has 3 aromatic rings. The van der Waals surface area contributed by atoms with Gasteiger partial charge in [-0.1, -0.05) is 24.6 Å². The summed E-state index contributed by atoms with van der Waals surface area (Å²) >= 11 is 0. The van der Waals surface area contributed by atoms with E-state index in [2.05, 4.69) is 19.7 Å². The van der Waals surface area contributed by atoms with E-state index in [1.165, 1.54) is 19.3 Å². The average Bonchev–Trinajstić information content (AvgIpc) is 3.25. The summed E-state index contributed by atoms with van der Waals surface area (Å²) < 4.78 is 2.35. The third kappa shape index (κ3) is 3.03. The maximum atomic E-state index is 12.9. The zero-order valence-corrected chi connectivity index (χ0v) is 15.5. The third-order valence-electron chi connectivity index (χ3n) is 6.05. The van der Waals surface area contributed by atoms with Crippen molar-refractivity contribution in [2.75, 3.05) is 13.1 Å². The Labute approximate surface area is 158 Å². The fourth-order valence-corrected chi connectivity index (χ4v) is 4.51. The lowest BCUT2D eigenvalue weighted by Crippen LogP contribution is -2.38. The zero-order chi connectivity index (χ0) is 18.2. The van der Waals surface area contributed by atoms with E-state index in [0.717, 1.165) is 61.4 Å². The molecule has 6 heteroatoms. The van der Waals surface area contributed by atoms with E-state index in [0.29, 0.717) is 11.6 Å². The smallest absolute Gasteiger partial charge is 0.270 e. The lowest BCUT2D eigenvalue weighted by atomic mass is 9.95. The SMILES string of the molecule is O=C(c1cc2ccccc2[nH]1)N1CCC(c2nnc3n2CCCCC3)CC1. The second kappa shape index (κ2) is 6.83. The average molecular weight is 363 g/mol. The molecule has 1 aromatic carbocycles. The number of carbonyl (C=O) groups excluding carboxylic acids is 1. The highest BCUT2D eigenvalue weighted by molar-refractivity contribution is 5.98. The Kier molecular flexibility index (Phi) is 4.19. The van der Waals surface area contributed by atoms with E-state index in [4.69, 9.17) is 0 Å². The molecule has 140 valence electrons. The standard InChI is InChI=1S/C21H25N5O/c27-21(18-14-16-6-3-4-7-17(16)22-18)25-12-9-15(10-13-25)20-24-23-19-8-2-1-5-11-26(19)20/h3-4,6-7,14-15,22H,1-2,5,8-13H2. The van der Waals surface area contributed by atoms with E-state index in [9.17, 15) is 4.79 Å². The summed E-state index contributed by atoms with van der Waals surface area (Å²) in [7, 11) is 0. The number of carbonyl (C=O) groups is 1. The van der Waals surface area contributed by atoms with Gasteiger partial charge in [-0.25, -0.2) is 0 Å². The first-order valence-corrected chi connectivity index (χ1v) is 10.1. The van der Waals surface area contributed by atoms with Crippen molar-refractivity contribution in [2.24, 2.45) is 0 Å². The Bertz CT molecular complexity index is 931. The number of benzene rings is 1. The van der Waals surface area contributed by atoms with Gasteiger partial charge in [0.25, 0.3) is 5.91 Å². The van der Waals surface area contributed by atoms with Gasteiger partial charge in [-0.3, -0.25) is 4.79 Å². The highest BCUT2D eigenvalue weighted by atomic mass is 16.2. The normalized spacial score (nSPS) is 18.4. The number of hydrogen-bond donors (Lipinski definition) is 1. The highest BCUT2D eigenvalue weighted by Crippen LogP contribution is 2.29. The van der Waals surface area contributed by atoms with Crippen LogP contribution in [-0.2, 0) is 13.0 Å². The van der Waals surface area contributed by atoms with Crippen molar-refractivity contribution < 1.29 is 4.79 Å². The van der Waals surface area contributed by atoms with Crippen LogP contribution in [0.5, 0.6) is 0 Å². The van der Waals surface area contributed by atoms with Crippen LogP contribution in [0, 0.1) is 0 Å². The molecule has 0 unspecified atom stereocenters. The Balaban J connectivity index is 1.29. The molecule has 1 saturated heterocycles. The van der Waals surface area contributed by atoms with Crippen LogP contribution in [0.4, 0.5) is 0 Å². The largest absolute Gasteiger partial charge is 0.351 e. The Hall–Kier alpha value is -2.63. The molecule has 0 atom stereocenters. The molecule has 0 saturated carbocycles. The number of aryl methyl sites for hydroxylation is 1. The van der Waals surface area contributed by atoms with E-state index >= 15 is 0 Å². The minimum Gasteiger partial charge on any atom is -0.351 e. The van der Waals surface area contributed by atoms with Gasteiger partial charge in [0.2, 0.25) is 0 Å². The van der Waals surface area contributed by atoms with Gasteiger partial charge in [0.15, 0.2) is 0 Å². The van der Waals surface area contributed by atoms with Crippen LogP contribution in [0.1, 0.15) is 60.2 Å². The minimum absolute atomic E-state index is 0.102. The van der Waals surface area contributed by atoms with Gasteiger partial charge in [-0.2, -0.15) is 0 Å². The molecule has 2 aromatic heterocycles. The second-order valence-electron chi connectivity index (χ2n) is 7.77. The zero-order valence-electron chi connectivity index (χ0n) is 15.5. The molecule has 0 bridgehead atoms. The molecule has 6 nitrogen and oxygen atoms in total. The molecule has 1 amide bonds. The van der Waals surface area contributed by atoms with Gasteiger partial charge in [0, 0.05) is 42.9 Å². The molecule has 4 heterocycles. The molecule has 5 rings (SSSR count). The number of piperidine rings is 1. The Morgan fingerprint density at radius 2 is 1.89 bits per heavy atom. The highest BCUT2D eigenvalue weighted by Gasteiger charge is 2.29. The molecule has 27 heavy (non-hydrogen) atoms. The summed E-state index contributed by atoms with van der Waals surface area (Å²) in [6.45, 7) is 2.61. The number of likely N-dealkylation sites (tertiary alicyclic amines) is 1. The lowest BCUT2D eigenvalue weighted by Gasteiger charge is -2.31. The number of aromatic nitrogens is 4. The number of fused-ring (bicyclic) bond motifs is 2. The number of amides is 1. The van der Waals surface area contributed by atoms with E-state index in [-0.39, 0.29) is 5.91 Å². The molecular formula is C21H25N5O. The van der Waals surface area contributed by atoms with Crippen LogP contribution in [0.15, 0.2) is 30.3 Å². The van der Waals surface area contributed by atoms with Crippen LogP contribution in [0.2, 0.25) is 0 Å². The van der Waals surface area contributed by atoms with Crippen LogP contribution < -0.4 is 0 Å². The van der Waals surface area contributed by atoms with E-state index < -0.39 is 0 Å². The minimum atomic E-state index is 0.102. The topological polar surface area (TPSA) is 66.8 Å². The second-order valence-corrected chi connectivity index (χ2v) is 7.77. The molecule has 1 N–H and O–H groups in total. The fraction of sp³-hybridized carbons (Fsp3) is 0.476. The summed E-state index contributed by atoms with van der Waals surface area (Å²) in [6, 6.07) is 9.99. The predicted octanol–water partition coefficient (Wildman–Crippen LogP) is 3.51. The van der Waals surface area contributed by atoms with E-state index in [1.54, 1.807) is 0 Å².